The fraction of sp³-hybridized carbons (Fsp3) is 0.136. The van der Waals surface area contributed by atoms with E-state index in [0.29, 0.717) is 16.4 Å². The number of phenolic OH excluding ortho intramolecular Hbond substituents is 1. The number of thiazole rings is 1. The number of aryl methyl sites for hydroxylation is 2. The second-order valence-corrected chi connectivity index (χ2v) is 7.23. The topological polar surface area (TPSA) is 70.5 Å². The van der Waals surface area contributed by atoms with Crippen LogP contribution in [0.1, 0.15) is 34.1 Å². The molecule has 5 nitrogen and oxygen atoms in total. The van der Waals surface area contributed by atoms with E-state index >= 15 is 0 Å². The lowest BCUT2D eigenvalue weighted by molar-refractivity contribution is -0.115. The lowest BCUT2D eigenvalue weighted by Crippen LogP contribution is -2.24. The highest BCUT2D eigenvalue weighted by Gasteiger charge is 2.21. The number of carbonyl (C=O) groups excluding carboxylic acids is 2. The van der Waals surface area contributed by atoms with Crippen molar-refractivity contribution in [3.63, 3.8) is 0 Å². The molecule has 0 saturated heterocycles. The Morgan fingerprint density at radius 1 is 1.11 bits per heavy atom. The number of rotatable bonds is 5. The molecule has 3 rings (SSSR count). The van der Waals surface area contributed by atoms with Crippen molar-refractivity contribution < 1.29 is 14.7 Å². The zero-order chi connectivity index (χ0) is 20.3. The minimum absolute atomic E-state index is 0.0425. The number of hydrogen-bond acceptors (Lipinski definition) is 5. The normalized spacial score (nSPS) is 11.0. The lowest BCUT2D eigenvalue weighted by Gasteiger charge is -2.22. The van der Waals surface area contributed by atoms with Crippen LogP contribution in [0.4, 0.5) is 10.8 Å². The summed E-state index contributed by atoms with van der Waals surface area (Å²) < 4.78 is 0. The van der Waals surface area contributed by atoms with Crippen LogP contribution in [-0.2, 0) is 4.79 Å². The zero-order valence-electron chi connectivity index (χ0n) is 15.8. The summed E-state index contributed by atoms with van der Waals surface area (Å²) in [6.45, 7) is 5.43. The molecule has 1 amide bonds. The van der Waals surface area contributed by atoms with E-state index in [-0.39, 0.29) is 17.4 Å². The van der Waals surface area contributed by atoms with Crippen molar-refractivity contribution >= 4 is 39.9 Å². The van der Waals surface area contributed by atoms with Crippen molar-refractivity contribution in [2.24, 2.45) is 0 Å². The summed E-state index contributed by atoms with van der Waals surface area (Å²) in [6.07, 6.45) is 3.01. The van der Waals surface area contributed by atoms with Gasteiger partial charge in [-0.05, 0) is 49.3 Å². The van der Waals surface area contributed by atoms with Crippen molar-refractivity contribution in [1.29, 1.82) is 0 Å². The molecular weight excluding hydrogens is 372 g/mol. The maximum Gasteiger partial charge on any atom is 0.230 e. The molecule has 1 aromatic heterocycles. The minimum atomic E-state index is -0.233. The number of hydrogen-bond donors (Lipinski definition) is 1. The summed E-state index contributed by atoms with van der Waals surface area (Å²) in [7, 11) is 0. The maximum absolute atomic E-state index is 12.3. The first-order chi connectivity index (χ1) is 13.4. The highest BCUT2D eigenvalue weighted by molar-refractivity contribution is 7.14. The molecule has 142 valence electrons. The minimum Gasteiger partial charge on any atom is -0.508 e. The summed E-state index contributed by atoms with van der Waals surface area (Å²) in [5.41, 5.74) is 3.79. The molecule has 0 aliphatic rings. The lowest BCUT2D eigenvalue weighted by atomic mass is 10.1. The van der Waals surface area contributed by atoms with Gasteiger partial charge in [0.25, 0.3) is 0 Å². The summed E-state index contributed by atoms with van der Waals surface area (Å²) >= 11 is 1.34. The number of benzene rings is 2. The quantitative estimate of drug-likeness (QED) is 0.487. The molecule has 1 N–H and O–H groups in total. The largest absolute Gasteiger partial charge is 0.508 e. The number of allylic oxidation sites excluding steroid dienone is 1. The van der Waals surface area contributed by atoms with E-state index in [1.165, 1.54) is 36.5 Å². The van der Waals surface area contributed by atoms with Gasteiger partial charge in [-0.3, -0.25) is 14.5 Å². The molecule has 0 spiro atoms. The number of ketones is 1. The Balaban J connectivity index is 1.88. The van der Waals surface area contributed by atoms with Gasteiger partial charge >= 0.3 is 0 Å². The van der Waals surface area contributed by atoms with Crippen LogP contribution in [-0.4, -0.2) is 21.8 Å². The molecule has 0 bridgehead atoms. The van der Waals surface area contributed by atoms with Crippen molar-refractivity contribution in [3.05, 3.63) is 76.3 Å². The third-order valence-corrected chi connectivity index (χ3v) is 5.06. The number of carbonyl (C=O) groups is 2. The SMILES string of the molecule is CC(=O)N(c1nc(C=CC(=O)c2cccc(O)c2)cs1)c1c(C)cccc1C. The van der Waals surface area contributed by atoms with Crippen molar-refractivity contribution in [2.45, 2.75) is 20.8 Å². The smallest absolute Gasteiger partial charge is 0.230 e. The molecule has 3 aromatic rings. The van der Waals surface area contributed by atoms with E-state index in [2.05, 4.69) is 4.98 Å². The molecule has 0 unspecified atom stereocenters. The zero-order valence-corrected chi connectivity index (χ0v) is 16.7. The number of phenols is 1. The van der Waals surface area contributed by atoms with Gasteiger partial charge in [-0.25, -0.2) is 4.98 Å². The van der Waals surface area contributed by atoms with Crippen molar-refractivity contribution in [1.82, 2.24) is 4.98 Å². The fourth-order valence-corrected chi connectivity index (χ4v) is 3.76. The van der Waals surface area contributed by atoms with Crippen LogP contribution < -0.4 is 4.90 Å². The van der Waals surface area contributed by atoms with Crippen LogP contribution in [0.5, 0.6) is 5.75 Å². The van der Waals surface area contributed by atoms with Crippen LogP contribution in [0.15, 0.2) is 53.9 Å². The summed E-state index contributed by atoms with van der Waals surface area (Å²) in [5, 5.41) is 11.8. The second-order valence-electron chi connectivity index (χ2n) is 6.40. The van der Waals surface area contributed by atoms with Crippen LogP contribution >= 0.6 is 11.3 Å². The standard InChI is InChI=1S/C22H20N2O3S/c1-14-6-4-7-15(2)21(14)24(16(3)25)22-23-18(13-28-22)10-11-20(27)17-8-5-9-19(26)12-17/h4-13,26H,1-3H3. The average Bonchev–Trinajstić information content (AvgIpc) is 3.11. The second kappa shape index (κ2) is 8.19. The third-order valence-electron chi connectivity index (χ3n) is 4.22. The van der Waals surface area contributed by atoms with Gasteiger partial charge in [0.2, 0.25) is 5.91 Å². The van der Waals surface area contributed by atoms with Gasteiger partial charge in [0.15, 0.2) is 10.9 Å². The van der Waals surface area contributed by atoms with Crippen LogP contribution in [0.3, 0.4) is 0 Å². The molecule has 0 atom stereocenters. The Morgan fingerprint density at radius 3 is 2.43 bits per heavy atom. The summed E-state index contributed by atoms with van der Waals surface area (Å²) in [4.78, 5) is 30.7. The van der Waals surface area contributed by atoms with E-state index in [4.69, 9.17) is 0 Å². The summed E-state index contributed by atoms with van der Waals surface area (Å²) in [5.74, 6) is -0.317. The molecule has 6 heteroatoms. The number of aromatic hydroxyl groups is 1. The van der Waals surface area contributed by atoms with E-state index in [0.717, 1.165) is 16.8 Å². The van der Waals surface area contributed by atoms with Crippen LogP contribution in [0.2, 0.25) is 0 Å². The molecule has 0 radical (unpaired) electrons. The number of anilines is 2. The first-order valence-corrected chi connectivity index (χ1v) is 9.58. The van der Waals surface area contributed by atoms with Gasteiger partial charge in [0.05, 0.1) is 11.4 Å². The molecule has 0 aliphatic heterocycles. The fourth-order valence-electron chi connectivity index (χ4n) is 2.92. The van der Waals surface area contributed by atoms with E-state index < -0.39 is 0 Å². The Kier molecular flexibility index (Phi) is 5.70. The average molecular weight is 392 g/mol. The predicted molar refractivity (Wildman–Crippen MR) is 112 cm³/mol. The molecule has 0 fully saturated rings. The van der Waals surface area contributed by atoms with Crippen molar-refractivity contribution in [2.75, 3.05) is 4.90 Å². The molecule has 28 heavy (non-hydrogen) atoms. The Bertz CT molecular complexity index is 1050. The number of amides is 1. The first kappa shape index (κ1) is 19.5. The molecule has 0 saturated carbocycles. The van der Waals surface area contributed by atoms with Gasteiger partial charge < -0.3 is 5.11 Å². The highest BCUT2D eigenvalue weighted by atomic mass is 32.1. The van der Waals surface area contributed by atoms with E-state index in [1.807, 2.05) is 32.0 Å². The number of para-hydroxylation sites is 1. The Labute approximate surface area is 167 Å². The van der Waals surface area contributed by atoms with E-state index in [1.54, 1.807) is 28.5 Å². The van der Waals surface area contributed by atoms with Gasteiger partial charge in [-0.15, -0.1) is 11.3 Å². The van der Waals surface area contributed by atoms with Gasteiger partial charge in [-0.1, -0.05) is 30.3 Å². The maximum atomic E-state index is 12.3. The molecular formula is C22H20N2O3S. The molecule has 1 heterocycles. The van der Waals surface area contributed by atoms with Crippen molar-refractivity contribution in [3.8, 4) is 5.75 Å². The molecule has 2 aromatic carbocycles. The number of aromatic nitrogens is 1. The van der Waals surface area contributed by atoms with Gasteiger partial charge in [0.1, 0.15) is 5.75 Å². The van der Waals surface area contributed by atoms with Crippen LogP contribution in [0.25, 0.3) is 6.08 Å². The van der Waals surface area contributed by atoms with Crippen LogP contribution in [0, 0.1) is 13.8 Å². The predicted octanol–water partition coefficient (Wildman–Crippen LogP) is 5.05. The highest BCUT2D eigenvalue weighted by Crippen LogP contribution is 2.33. The Hall–Kier alpha value is -3.25. The first-order valence-electron chi connectivity index (χ1n) is 8.70. The monoisotopic (exact) mass is 392 g/mol. The molecule has 0 aliphatic carbocycles. The Morgan fingerprint density at radius 2 is 1.79 bits per heavy atom. The summed E-state index contributed by atoms with van der Waals surface area (Å²) in [6, 6.07) is 12.1. The van der Waals surface area contributed by atoms with E-state index in [9.17, 15) is 14.7 Å². The number of nitrogens with zero attached hydrogens (tertiary/aromatic N) is 2. The van der Waals surface area contributed by atoms with Gasteiger partial charge in [0, 0.05) is 17.9 Å². The third kappa shape index (κ3) is 4.18. The van der Waals surface area contributed by atoms with Gasteiger partial charge in [-0.2, -0.15) is 0 Å².